The van der Waals surface area contributed by atoms with Crippen LogP contribution in [0.25, 0.3) is 0 Å². The van der Waals surface area contributed by atoms with Crippen molar-refractivity contribution < 1.29 is 0 Å². The van der Waals surface area contributed by atoms with Crippen LogP contribution >= 0.6 is 15.9 Å². The Morgan fingerprint density at radius 3 is 3.07 bits per heavy atom. The van der Waals surface area contributed by atoms with Crippen molar-refractivity contribution in [2.45, 2.75) is 13.0 Å². The van der Waals surface area contributed by atoms with E-state index in [-0.39, 0.29) is 5.56 Å². The zero-order valence-electron chi connectivity index (χ0n) is 8.10. The molecule has 1 unspecified atom stereocenters. The predicted molar refractivity (Wildman–Crippen MR) is 59.6 cm³/mol. The van der Waals surface area contributed by atoms with Gasteiger partial charge < -0.3 is 15.6 Å². The first-order valence-corrected chi connectivity index (χ1v) is 5.08. The van der Waals surface area contributed by atoms with Crippen molar-refractivity contribution in [3.8, 4) is 0 Å². The molecule has 78 valence electrons. The van der Waals surface area contributed by atoms with Gasteiger partial charge in [0.1, 0.15) is 10.3 Å². The summed E-state index contributed by atoms with van der Waals surface area (Å²) in [6, 6.07) is 0.322. The van der Waals surface area contributed by atoms with E-state index < -0.39 is 0 Å². The summed E-state index contributed by atoms with van der Waals surface area (Å²) in [5.74, 6) is 0.566. The summed E-state index contributed by atoms with van der Waals surface area (Å²) < 4.78 is 0.434. The van der Waals surface area contributed by atoms with Gasteiger partial charge in [0.15, 0.2) is 0 Å². The molecule has 5 nitrogen and oxygen atoms in total. The molecule has 0 amide bonds. The van der Waals surface area contributed by atoms with E-state index in [1.807, 2.05) is 14.0 Å². The standard InChI is InChI=1S/C8H13BrN4O/c1-5(10-2)3-11-7-6(9)8(14)13-4-12-7/h4-5,10H,3H2,1-2H3,(H2,11,12,13,14). The molecule has 0 saturated carbocycles. The molecular weight excluding hydrogens is 248 g/mol. The summed E-state index contributed by atoms with van der Waals surface area (Å²) >= 11 is 3.16. The van der Waals surface area contributed by atoms with Crippen molar-refractivity contribution in [2.75, 3.05) is 18.9 Å². The number of H-pyrrole nitrogens is 1. The van der Waals surface area contributed by atoms with Gasteiger partial charge in [-0.15, -0.1) is 0 Å². The number of rotatable bonds is 4. The third-order valence-corrected chi connectivity index (χ3v) is 2.60. The van der Waals surface area contributed by atoms with Crippen LogP contribution in [-0.2, 0) is 0 Å². The number of aromatic amines is 1. The van der Waals surface area contributed by atoms with Crippen LogP contribution in [0, 0.1) is 0 Å². The topological polar surface area (TPSA) is 69.8 Å². The first kappa shape index (κ1) is 11.2. The molecule has 3 N–H and O–H groups in total. The van der Waals surface area contributed by atoms with Crippen molar-refractivity contribution in [1.82, 2.24) is 15.3 Å². The molecule has 1 aromatic heterocycles. The zero-order valence-corrected chi connectivity index (χ0v) is 9.68. The van der Waals surface area contributed by atoms with Crippen LogP contribution in [0.3, 0.4) is 0 Å². The molecule has 0 fully saturated rings. The third-order valence-electron chi connectivity index (χ3n) is 1.87. The molecule has 0 aromatic carbocycles. The minimum absolute atomic E-state index is 0.181. The number of nitrogens with zero attached hydrogens (tertiary/aromatic N) is 1. The van der Waals surface area contributed by atoms with Gasteiger partial charge in [0.05, 0.1) is 6.33 Å². The van der Waals surface area contributed by atoms with E-state index in [0.717, 1.165) is 0 Å². The number of aromatic nitrogens is 2. The summed E-state index contributed by atoms with van der Waals surface area (Å²) in [6.07, 6.45) is 1.37. The van der Waals surface area contributed by atoms with Gasteiger partial charge in [-0.1, -0.05) is 0 Å². The van der Waals surface area contributed by atoms with E-state index >= 15 is 0 Å². The molecule has 1 rings (SSSR count). The normalized spacial score (nSPS) is 12.5. The van der Waals surface area contributed by atoms with E-state index in [2.05, 4.69) is 36.5 Å². The van der Waals surface area contributed by atoms with E-state index in [4.69, 9.17) is 0 Å². The lowest BCUT2D eigenvalue weighted by Crippen LogP contribution is -2.30. The number of nitrogens with one attached hydrogen (secondary N) is 3. The van der Waals surface area contributed by atoms with Gasteiger partial charge in [0.25, 0.3) is 5.56 Å². The molecule has 0 aliphatic carbocycles. The van der Waals surface area contributed by atoms with E-state index in [9.17, 15) is 4.79 Å². The molecule has 1 aromatic rings. The Morgan fingerprint density at radius 1 is 1.71 bits per heavy atom. The van der Waals surface area contributed by atoms with Crippen LogP contribution in [0.5, 0.6) is 0 Å². The lowest BCUT2D eigenvalue weighted by Gasteiger charge is -2.11. The predicted octanol–water partition coefficient (Wildman–Crippen LogP) is 0.552. The van der Waals surface area contributed by atoms with Crippen LogP contribution in [0.2, 0.25) is 0 Å². The molecule has 0 saturated heterocycles. The van der Waals surface area contributed by atoms with Crippen LogP contribution in [0.4, 0.5) is 5.82 Å². The minimum atomic E-state index is -0.181. The van der Waals surface area contributed by atoms with Crippen LogP contribution in [0.15, 0.2) is 15.6 Å². The molecule has 14 heavy (non-hydrogen) atoms. The fourth-order valence-corrected chi connectivity index (χ4v) is 1.22. The van der Waals surface area contributed by atoms with Gasteiger partial charge in [0, 0.05) is 12.6 Å². The Labute approximate surface area is 90.5 Å². The minimum Gasteiger partial charge on any atom is -0.367 e. The van der Waals surface area contributed by atoms with Crippen molar-refractivity contribution in [1.29, 1.82) is 0 Å². The molecule has 0 aliphatic heterocycles. The molecular formula is C8H13BrN4O. The lowest BCUT2D eigenvalue weighted by molar-refractivity contribution is 0.637. The van der Waals surface area contributed by atoms with Crippen LogP contribution < -0.4 is 16.2 Å². The van der Waals surface area contributed by atoms with Crippen molar-refractivity contribution >= 4 is 21.7 Å². The summed E-state index contributed by atoms with van der Waals surface area (Å²) in [5, 5.41) is 6.14. The van der Waals surface area contributed by atoms with Gasteiger partial charge in [-0.2, -0.15) is 0 Å². The molecule has 0 aliphatic rings. The average molecular weight is 261 g/mol. The number of anilines is 1. The highest BCUT2D eigenvalue weighted by Gasteiger charge is 2.05. The molecule has 0 spiro atoms. The maximum absolute atomic E-state index is 11.2. The second-order valence-corrected chi connectivity index (χ2v) is 3.76. The average Bonchev–Trinajstić information content (AvgIpc) is 2.20. The number of halogens is 1. The van der Waals surface area contributed by atoms with E-state index in [1.165, 1.54) is 6.33 Å². The Balaban J connectivity index is 2.68. The summed E-state index contributed by atoms with van der Waals surface area (Å²) in [4.78, 5) is 17.6. The van der Waals surface area contributed by atoms with E-state index in [1.54, 1.807) is 0 Å². The van der Waals surface area contributed by atoms with Gasteiger partial charge >= 0.3 is 0 Å². The monoisotopic (exact) mass is 260 g/mol. The maximum Gasteiger partial charge on any atom is 0.267 e. The summed E-state index contributed by atoms with van der Waals surface area (Å²) in [6.45, 7) is 2.75. The van der Waals surface area contributed by atoms with Crippen molar-refractivity contribution in [3.63, 3.8) is 0 Å². The van der Waals surface area contributed by atoms with Gasteiger partial charge in [-0.3, -0.25) is 4.79 Å². The SMILES string of the molecule is CNC(C)CNc1nc[nH]c(=O)c1Br. The summed E-state index contributed by atoms with van der Waals surface area (Å²) in [5.41, 5.74) is -0.181. The number of likely N-dealkylation sites (N-methyl/N-ethyl adjacent to an activating group) is 1. The summed E-state index contributed by atoms with van der Waals surface area (Å²) in [7, 11) is 1.88. The quantitative estimate of drug-likeness (QED) is 0.740. The molecule has 1 atom stereocenters. The van der Waals surface area contributed by atoms with Crippen molar-refractivity contribution in [3.05, 3.63) is 21.2 Å². The molecule has 1 heterocycles. The second-order valence-electron chi connectivity index (χ2n) is 2.96. The van der Waals surface area contributed by atoms with Gasteiger partial charge in [0.2, 0.25) is 0 Å². The fraction of sp³-hybridized carbons (Fsp3) is 0.500. The second kappa shape index (κ2) is 5.11. The van der Waals surface area contributed by atoms with Gasteiger partial charge in [-0.05, 0) is 29.9 Å². The Kier molecular flexibility index (Phi) is 4.09. The largest absolute Gasteiger partial charge is 0.367 e. The fourth-order valence-electron chi connectivity index (χ4n) is 0.858. The van der Waals surface area contributed by atoms with E-state index in [0.29, 0.717) is 22.9 Å². The smallest absolute Gasteiger partial charge is 0.267 e. The molecule has 6 heteroatoms. The van der Waals surface area contributed by atoms with Gasteiger partial charge in [-0.25, -0.2) is 4.98 Å². The van der Waals surface area contributed by atoms with Crippen molar-refractivity contribution in [2.24, 2.45) is 0 Å². The number of hydrogen-bond donors (Lipinski definition) is 3. The third kappa shape index (κ3) is 2.81. The first-order chi connectivity index (χ1) is 6.65. The first-order valence-electron chi connectivity index (χ1n) is 4.29. The highest BCUT2D eigenvalue weighted by Crippen LogP contribution is 2.12. The highest BCUT2D eigenvalue weighted by atomic mass is 79.9. The Hall–Kier alpha value is -0.880. The Morgan fingerprint density at radius 2 is 2.43 bits per heavy atom. The molecule has 0 radical (unpaired) electrons. The van der Waals surface area contributed by atoms with Crippen LogP contribution in [-0.4, -0.2) is 29.6 Å². The number of hydrogen-bond acceptors (Lipinski definition) is 4. The Bertz CT molecular complexity index is 351. The zero-order chi connectivity index (χ0) is 10.6. The maximum atomic E-state index is 11.2. The van der Waals surface area contributed by atoms with Crippen LogP contribution in [0.1, 0.15) is 6.92 Å². The molecule has 0 bridgehead atoms. The lowest BCUT2D eigenvalue weighted by atomic mass is 10.3. The highest BCUT2D eigenvalue weighted by molar-refractivity contribution is 9.10.